The first-order valence-electron chi connectivity index (χ1n) is 9.55. The zero-order chi connectivity index (χ0) is 18.4. The van der Waals surface area contributed by atoms with E-state index in [1.54, 1.807) is 0 Å². The Balaban J connectivity index is 1.45. The van der Waals surface area contributed by atoms with Crippen molar-refractivity contribution in [3.8, 4) is 0 Å². The van der Waals surface area contributed by atoms with Crippen LogP contribution in [0.5, 0.6) is 0 Å². The van der Waals surface area contributed by atoms with Crippen molar-refractivity contribution in [3.63, 3.8) is 0 Å². The molecule has 2 saturated heterocycles. The van der Waals surface area contributed by atoms with E-state index in [9.17, 15) is 9.59 Å². The normalized spacial score (nSPS) is 20.6. The van der Waals surface area contributed by atoms with E-state index >= 15 is 0 Å². The number of rotatable bonds is 5. The first-order chi connectivity index (χ1) is 12.6. The Kier molecular flexibility index (Phi) is 6.27. The number of ether oxygens (including phenoxy) is 1. The highest BCUT2D eigenvalue weighted by atomic mass is 16.5. The number of nitrogens with zero attached hydrogens (tertiary/aromatic N) is 1. The van der Waals surface area contributed by atoms with Gasteiger partial charge in [0.25, 0.3) is 5.91 Å². The summed E-state index contributed by atoms with van der Waals surface area (Å²) in [6, 6.07) is 9.40. The van der Waals surface area contributed by atoms with E-state index in [2.05, 4.69) is 5.32 Å². The van der Waals surface area contributed by atoms with E-state index in [0.717, 1.165) is 31.5 Å². The van der Waals surface area contributed by atoms with Crippen LogP contribution in [-0.2, 0) is 9.53 Å². The second-order valence-corrected chi connectivity index (χ2v) is 7.41. The number of carbonyl (C=O) groups is 2. The molecule has 0 bridgehead atoms. The number of likely N-dealkylation sites (tertiary alicyclic amines) is 1. The van der Waals surface area contributed by atoms with Gasteiger partial charge in [0.15, 0.2) is 0 Å². The third-order valence-electron chi connectivity index (χ3n) is 5.80. The average Bonchev–Trinajstić information content (AvgIpc) is 2.73. The third kappa shape index (κ3) is 4.24. The van der Waals surface area contributed by atoms with Gasteiger partial charge in [-0.15, -0.1) is 0 Å². The van der Waals surface area contributed by atoms with Gasteiger partial charge in [-0.1, -0.05) is 18.2 Å². The number of hydrogen-bond acceptors (Lipinski definition) is 4. The summed E-state index contributed by atoms with van der Waals surface area (Å²) in [5.74, 6) is 0.567. The van der Waals surface area contributed by atoms with Crippen molar-refractivity contribution in [2.24, 2.45) is 17.1 Å². The van der Waals surface area contributed by atoms with Crippen LogP contribution in [-0.4, -0.2) is 56.1 Å². The van der Waals surface area contributed by atoms with E-state index in [-0.39, 0.29) is 11.8 Å². The van der Waals surface area contributed by atoms with E-state index in [0.29, 0.717) is 45.1 Å². The van der Waals surface area contributed by atoms with E-state index in [1.807, 2.05) is 35.2 Å². The summed E-state index contributed by atoms with van der Waals surface area (Å²) in [7, 11) is 0. The Morgan fingerprint density at radius 1 is 1.15 bits per heavy atom. The first kappa shape index (κ1) is 18.9. The molecular formula is C20H29N3O3. The number of piperidine rings is 1. The highest BCUT2D eigenvalue weighted by Gasteiger charge is 2.39. The maximum atomic E-state index is 12.6. The quantitative estimate of drug-likeness (QED) is 0.832. The molecule has 0 atom stereocenters. The molecule has 0 unspecified atom stereocenters. The molecule has 6 nitrogen and oxygen atoms in total. The van der Waals surface area contributed by atoms with Gasteiger partial charge in [0.1, 0.15) is 0 Å². The molecule has 0 aromatic heterocycles. The standard InChI is InChI=1S/C20H29N3O3/c21-15-20(8-12-26-13-9-20)19(25)22-14-16-6-10-23(11-7-16)18(24)17-4-2-1-3-5-17/h1-5,16H,6-15,21H2,(H,22,25). The van der Waals surface area contributed by atoms with Crippen LogP contribution >= 0.6 is 0 Å². The van der Waals surface area contributed by atoms with Crippen LogP contribution in [0, 0.1) is 11.3 Å². The van der Waals surface area contributed by atoms with Crippen LogP contribution in [0.2, 0.25) is 0 Å². The zero-order valence-electron chi connectivity index (χ0n) is 15.3. The summed E-state index contributed by atoms with van der Waals surface area (Å²) in [5.41, 5.74) is 6.16. The molecular weight excluding hydrogens is 330 g/mol. The fourth-order valence-corrected chi connectivity index (χ4v) is 3.81. The lowest BCUT2D eigenvalue weighted by Crippen LogP contribution is -2.50. The second-order valence-electron chi connectivity index (χ2n) is 7.41. The summed E-state index contributed by atoms with van der Waals surface area (Å²) < 4.78 is 5.37. The molecule has 3 N–H and O–H groups in total. The predicted molar refractivity (Wildman–Crippen MR) is 99.6 cm³/mol. The van der Waals surface area contributed by atoms with Gasteiger partial charge in [-0.3, -0.25) is 9.59 Å². The van der Waals surface area contributed by atoms with Gasteiger partial charge in [0.2, 0.25) is 5.91 Å². The third-order valence-corrected chi connectivity index (χ3v) is 5.80. The molecule has 2 aliphatic rings. The fourth-order valence-electron chi connectivity index (χ4n) is 3.81. The monoisotopic (exact) mass is 359 g/mol. The SMILES string of the molecule is NCC1(C(=O)NCC2CCN(C(=O)c3ccccc3)CC2)CCOCC1. The highest BCUT2D eigenvalue weighted by Crippen LogP contribution is 2.29. The van der Waals surface area contributed by atoms with Crippen molar-refractivity contribution in [1.29, 1.82) is 0 Å². The van der Waals surface area contributed by atoms with Crippen LogP contribution in [0.1, 0.15) is 36.0 Å². The largest absolute Gasteiger partial charge is 0.381 e. The van der Waals surface area contributed by atoms with E-state index in [4.69, 9.17) is 10.5 Å². The maximum Gasteiger partial charge on any atom is 0.253 e. The smallest absolute Gasteiger partial charge is 0.253 e. The summed E-state index contributed by atoms with van der Waals surface area (Å²) in [5, 5.41) is 3.11. The molecule has 0 saturated carbocycles. The lowest BCUT2D eigenvalue weighted by atomic mass is 9.79. The predicted octanol–water partition coefficient (Wildman–Crippen LogP) is 1.41. The minimum absolute atomic E-state index is 0.0612. The molecule has 0 radical (unpaired) electrons. The number of nitrogens with two attached hydrogens (primary N) is 1. The minimum atomic E-state index is -0.470. The number of nitrogens with one attached hydrogen (secondary N) is 1. The van der Waals surface area contributed by atoms with Gasteiger partial charge >= 0.3 is 0 Å². The molecule has 2 amide bonds. The first-order valence-corrected chi connectivity index (χ1v) is 9.55. The molecule has 2 aliphatic heterocycles. The number of hydrogen-bond donors (Lipinski definition) is 2. The fraction of sp³-hybridized carbons (Fsp3) is 0.600. The highest BCUT2D eigenvalue weighted by molar-refractivity contribution is 5.94. The Morgan fingerprint density at radius 2 is 1.81 bits per heavy atom. The summed E-state index contributed by atoms with van der Waals surface area (Å²) >= 11 is 0. The van der Waals surface area contributed by atoms with E-state index in [1.165, 1.54) is 0 Å². The lowest BCUT2D eigenvalue weighted by molar-refractivity contribution is -0.136. The van der Waals surface area contributed by atoms with Gasteiger partial charge in [-0.2, -0.15) is 0 Å². The van der Waals surface area contributed by atoms with Crippen LogP contribution in [0.3, 0.4) is 0 Å². The van der Waals surface area contributed by atoms with Crippen LogP contribution in [0.15, 0.2) is 30.3 Å². The molecule has 3 rings (SSSR count). The molecule has 1 aromatic rings. The number of amides is 2. The topological polar surface area (TPSA) is 84.7 Å². The van der Waals surface area contributed by atoms with Crippen LogP contribution < -0.4 is 11.1 Å². The minimum Gasteiger partial charge on any atom is -0.381 e. The molecule has 142 valence electrons. The summed E-state index contributed by atoms with van der Waals surface area (Å²) in [6.07, 6.45) is 3.22. The molecule has 26 heavy (non-hydrogen) atoms. The average molecular weight is 359 g/mol. The molecule has 2 heterocycles. The zero-order valence-corrected chi connectivity index (χ0v) is 15.3. The molecule has 1 aromatic carbocycles. The maximum absolute atomic E-state index is 12.6. The summed E-state index contributed by atoms with van der Waals surface area (Å²) in [6.45, 7) is 3.71. The van der Waals surface area contributed by atoms with Crippen molar-refractivity contribution < 1.29 is 14.3 Å². The molecule has 6 heteroatoms. The lowest BCUT2D eigenvalue weighted by Gasteiger charge is -2.36. The van der Waals surface area contributed by atoms with Crippen molar-refractivity contribution in [2.75, 3.05) is 39.4 Å². The number of carbonyl (C=O) groups excluding carboxylic acids is 2. The van der Waals surface area contributed by atoms with Gasteiger partial charge in [0, 0.05) is 45.0 Å². The van der Waals surface area contributed by atoms with Crippen molar-refractivity contribution in [1.82, 2.24) is 10.2 Å². The molecule has 0 spiro atoms. The van der Waals surface area contributed by atoms with Crippen molar-refractivity contribution in [3.05, 3.63) is 35.9 Å². The van der Waals surface area contributed by atoms with Crippen molar-refractivity contribution >= 4 is 11.8 Å². The second kappa shape index (κ2) is 8.64. The summed E-state index contributed by atoms with van der Waals surface area (Å²) in [4.78, 5) is 27.0. The van der Waals surface area contributed by atoms with Crippen molar-refractivity contribution in [2.45, 2.75) is 25.7 Å². The number of benzene rings is 1. The Bertz CT molecular complexity index is 606. The van der Waals surface area contributed by atoms with Crippen LogP contribution in [0.4, 0.5) is 0 Å². The van der Waals surface area contributed by atoms with Gasteiger partial charge in [-0.25, -0.2) is 0 Å². The van der Waals surface area contributed by atoms with E-state index < -0.39 is 5.41 Å². The van der Waals surface area contributed by atoms with Gasteiger partial charge in [-0.05, 0) is 43.7 Å². The van der Waals surface area contributed by atoms with Gasteiger partial charge < -0.3 is 20.7 Å². The Morgan fingerprint density at radius 3 is 2.42 bits per heavy atom. The Hall–Kier alpha value is -1.92. The Labute approximate surface area is 155 Å². The van der Waals surface area contributed by atoms with Gasteiger partial charge in [0.05, 0.1) is 5.41 Å². The van der Waals surface area contributed by atoms with Crippen LogP contribution in [0.25, 0.3) is 0 Å². The molecule has 0 aliphatic carbocycles. The molecule has 2 fully saturated rings.